The predicted molar refractivity (Wildman–Crippen MR) is 91.2 cm³/mol. The topological polar surface area (TPSA) is 94.3 Å². The van der Waals surface area contributed by atoms with Gasteiger partial charge in [-0.2, -0.15) is 10.1 Å². The van der Waals surface area contributed by atoms with Crippen LogP contribution in [0.2, 0.25) is 0 Å². The van der Waals surface area contributed by atoms with Gasteiger partial charge < -0.3 is 10.1 Å². The summed E-state index contributed by atoms with van der Waals surface area (Å²) in [5, 5.41) is 7.08. The third kappa shape index (κ3) is 3.73. The minimum absolute atomic E-state index is 0.0201. The average Bonchev–Trinajstić information content (AvgIpc) is 3.08. The Morgan fingerprint density at radius 1 is 1.32 bits per heavy atom. The summed E-state index contributed by atoms with van der Waals surface area (Å²) in [6, 6.07) is 3.65. The second-order valence-electron chi connectivity index (χ2n) is 5.72. The van der Waals surface area contributed by atoms with Gasteiger partial charge in [-0.3, -0.25) is 4.79 Å². The predicted octanol–water partition coefficient (Wildman–Crippen LogP) is 1.39. The maximum atomic E-state index is 12.2. The number of amides is 1. The van der Waals surface area contributed by atoms with Crippen molar-refractivity contribution < 1.29 is 9.53 Å². The zero-order valence-corrected chi connectivity index (χ0v) is 14.5. The van der Waals surface area contributed by atoms with E-state index in [1.54, 1.807) is 23.9 Å². The highest BCUT2D eigenvalue weighted by atomic mass is 16.5. The van der Waals surface area contributed by atoms with Gasteiger partial charge in [-0.15, -0.1) is 0 Å². The van der Waals surface area contributed by atoms with E-state index in [1.165, 1.54) is 6.33 Å². The number of aryl methyl sites for hydroxylation is 2. The standard InChI is InChI=1S/C17H20N6O2/c1-11-14(12(2)23-17(22-11)20-10-21-23)4-5-15(24)19-9-13-6-7-18-16(8-13)25-3/h6-8,10H,4-5,9H2,1-3H3,(H,19,24). The Balaban J connectivity index is 1.60. The van der Waals surface area contributed by atoms with Crippen molar-refractivity contribution in [2.75, 3.05) is 7.11 Å². The molecule has 1 amide bonds. The molecule has 0 aromatic carbocycles. The van der Waals surface area contributed by atoms with Gasteiger partial charge in [0.15, 0.2) is 0 Å². The Morgan fingerprint density at radius 2 is 2.16 bits per heavy atom. The second kappa shape index (κ2) is 7.25. The highest BCUT2D eigenvalue weighted by Gasteiger charge is 2.12. The molecule has 130 valence electrons. The summed E-state index contributed by atoms with van der Waals surface area (Å²) in [6.07, 6.45) is 4.12. The van der Waals surface area contributed by atoms with E-state index in [4.69, 9.17) is 4.74 Å². The van der Waals surface area contributed by atoms with Gasteiger partial charge in [0.25, 0.3) is 5.78 Å². The Labute approximate surface area is 145 Å². The van der Waals surface area contributed by atoms with E-state index in [-0.39, 0.29) is 5.91 Å². The van der Waals surface area contributed by atoms with Crippen LogP contribution in [0.1, 0.15) is 28.9 Å². The van der Waals surface area contributed by atoms with Crippen LogP contribution in [0, 0.1) is 13.8 Å². The number of fused-ring (bicyclic) bond motifs is 1. The first-order valence-corrected chi connectivity index (χ1v) is 8.00. The summed E-state index contributed by atoms with van der Waals surface area (Å²) in [6.45, 7) is 4.33. The largest absolute Gasteiger partial charge is 0.481 e. The number of nitrogens with zero attached hydrogens (tertiary/aromatic N) is 5. The van der Waals surface area contributed by atoms with Crippen molar-refractivity contribution in [3.63, 3.8) is 0 Å². The van der Waals surface area contributed by atoms with Crippen molar-refractivity contribution >= 4 is 11.7 Å². The van der Waals surface area contributed by atoms with Gasteiger partial charge >= 0.3 is 0 Å². The number of rotatable bonds is 6. The second-order valence-corrected chi connectivity index (χ2v) is 5.72. The van der Waals surface area contributed by atoms with Crippen LogP contribution in [0.4, 0.5) is 0 Å². The third-order valence-electron chi connectivity index (χ3n) is 4.09. The van der Waals surface area contributed by atoms with E-state index in [1.807, 2.05) is 19.9 Å². The fraction of sp³-hybridized carbons (Fsp3) is 0.353. The molecule has 3 heterocycles. The summed E-state index contributed by atoms with van der Waals surface area (Å²) in [4.78, 5) is 24.7. The molecule has 0 radical (unpaired) electrons. The number of carbonyl (C=O) groups excluding carboxylic acids is 1. The lowest BCUT2D eigenvalue weighted by Gasteiger charge is -2.11. The van der Waals surface area contributed by atoms with Crippen LogP contribution < -0.4 is 10.1 Å². The quantitative estimate of drug-likeness (QED) is 0.729. The minimum atomic E-state index is -0.0201. The summed E-state index contributed by atoms with van der Waals surface area (Å²) in [5.41, 5.74) is 3.81. The molecule has 8 nitrogen and oxygen atoms in total. The lowest BCUT2D eigenvalue weighted by atomic mass is 10.1. The molecule has 0 atom stereocenters. The van der Waals surface area contributed by atoms with Crippen LogP contribution in [-0.2, 0) is 17.8 Å². The van der Waals surface area contributed by atoms with Crippen molar-refractivity contribution in [2.45, 2.75) is 33.2 Å². The zero-order valence-electron chi connectivity index (χ0n) is 14.5. The lowest BCUT2D eigenvalue weighted by molar-refractivity contribution is -0.121. The molecular weight excluding hydrogens is 320 g/mol. The van der Waals surface area contributed by atoms with Crippen molar-refractivity contribution in [2.24, 2.45) is 0 Å². The molecule has 0 saturated carbocycles. The molecule has 0 saturated heterocycles. The maximum absolute atomic E-state index is 12.2. The molecule has 0 aliphatic carbocycles. The summed E-state index contributed by atoms with van der Waals surface area (Å²) in [5.74, 6) is 1.09. The van der Waals surface area contributed by atoms with Gasteiger partial charge in [-0.05, 0) is 37.5 Å². The van der Waals surface area contributed by atoms with Gasteiger partial charge in [-0.1, -0.05) is 0 Å². The van der Waals surface area contributed by atoms with E-state index in [0.29, 0.717) is 31.0 Å². The number of aromatic nitrogens is 5. The number of hydrogen-bond acceptors (Lipinski definition) is 6. The molecule has 0 fully saturated rings. The number of ether oxygens (including phenoxy) is 1. The van der Waals surface area contributed by atoms with Crippen LogP contribution in [0.25, 0.3) is 5.78 Å². The third-order valence-corrected chi connectivity index (χ3v) is 4.09. The van der Waals surface area contributed by atoms with Gasteiger partial charge in [0.1, 0.15) is 6.33 Å². The molecule has 0 spiro atoms. The molecule has 3 rings (SSSR count). The molecule has 0 bridgehead atoms. The Bertz CT molecular complexity index is 905. The van der Waals surface area contributed by atoms with Crippen LogP contribution in [0.5, 0.6) is 5.88 Å². The molecule has 0 unspecified atom stereocenters. The number of hydrogen-bond donors (Lipinski definition) is 1. The van der Waals surface area contributed by atoms with Gasteiger partial charge in [0.2, 0.25) is 11.8 Å². The first kappa shape index (κ1) is 16.8. The molecule has 3 aromatic heterocycles. The van der Waals surface area contributed by atoms with Crippen LogP contribution in [-0.4, -0.2) is 37.6 Å². The average molecular weight is 340 g/mol. The van der Waals surface area contributed by atoms with E-state index in [2.05, 4.69) is 25.4 Å². The zero-order chi connectivity index (χ0) is 17.8. The van der Waals surface area contributed by atoms with E-state index >= 15 is 0 Å². The summed E-state index contributed by atoms with van der Waals surface area (Å²) >= 11 is 0. The monoisotopic (exact) mass is 340 g/mol. The van der Waals surface area contributed by atoms with Crippen LogP contribution >= 0.6 is 0 Å². The maximum Gasteiger partial charge on any atom is 0.252 e. The summed E-state index contributed by atoms with van der Waals surface area (Å²) < 4.78 is 6.78. The summed E-state index contributed by atoms with van der Waals surface area (Å²) in [7, 11) is 1.56. The SMILES string of the molecule is COc1cc(CNC(=O)CCc2c(C)nc3ncnn3c2C)ccn1. The highest BCUT2D eigenvalue weighted by Crippen LogP contribution is 2.15. The molecule has 0 aliphatic heterocycles. The molecule has 3 aromatic rings. The normalized spacial score (nSPS) is 10.8. The molecular formula is C17H20N6O2. The lowest BCUT2D eigenvalue weighted by Crippen LogP contribution is -2.23. The van der Waals surface area contributed by atoms with Crippen LogP contribution in [0.3, 0.4) is 0 Å². The van der Waals surface area contributed by atoms with Gasteiger partial charge in [0, 0.05) is 36.6 Å². The van der Waals surface area contributed by atoms with Crippen molar-refractivity contribution in [3.8, 4) is 5.88 Å². The first-order valence-electron chi connectivity index (χ1n) is 8.00. The van der Waals surface area contributed by atoms with E-state index < -0.39 is 0 Å². The minimum Gasteiger partial charge on any atom is -0.481 e. The van der Waals surface area contributed by atoms with Gasteiger partial charge in [0.05, 0.1) is 7.11 Å². The number of methoxy groups -OCH3 is 1. The van der Waals surface area contributed by atoms with Gasteiger partial charge in [-0.25, -0.2) is 14.5 Å². The smallest absolute Gasteiger partial charge is 0.252 e. The molecule has 8 heteroatoms. The molecule has 1 N–H and O–H groups in total. The Hall–Kier alpha value is -3.03. The first-order chi connectivity index (χ1) is 12.1. The molecule has 25 heavy (non-hydrogen) atoms. The fourth-order valence-corrected chi connectivity index (χ4v) is 2.72. The number of pyridine rings is 1. The Kier molecular flexibility index (Phi) is 4.87. The van der Waals surface area contributed by atoms with E-state index in [0.717, 1.165) is 22.5 Å². The Morgan fingerprint density at radius 3 is 2.96 bits per heavy atom. The van der Waals surface area contributed by atoms with Crippen molar-refractivity contribution in [1.29, 1.82) is 0 Å². The van der Waals surface area contributed by atoms with Crippen molar-refractivity contribution in [1.82, 2.24) is 29.9 Å². The van der Waals surface area contributed by atoms with Crippen molar-refractivity contribution in [3.05, 3.63) is 47.2 Å². The molecule has 0 aliphatic rings. The van der Waals surface area contributed by atoms with E-state index in [9.17, 15) is 4.79 Å². The fourth-order valence-electron chi connectivity index (χ4n) is 2.72. The highest BCUT2D eigenvalue weighted by molar-refractivity contribution is 5.76. The number of nitrogens with one attached hydrogen (secondary N) is 1. The van der Waals surface area contributed by atoms with Crippen LogP contribution in [0.15, 0.2) is 24.7 Å². The number of carbonyl (C=O) groups is 1.